The average molecular weight is 266 g/mol. The third kappa shape index (κ3) is 3.04. The number of piperidine rings is 1. The minimum Gasteiger partial charge on any atom is -0.315 e. The second kappa shape index (κ2) is 5.44. The molecule has 1 aromatic rings. The van der Waals surface area contributed by atoms with Crippen LogP contribution in [0.25, 0.3) is 0 Å². The number of sulfonamides is 1. The van der Waals surface area contributed by atoms with Crippen LogP contribution in [0, 0.1) is 11.3 Å². The number of hydrogen-bond acceptors (Lipinski definition) is 5. The molecule has 0 unspecified atom stereocenters. The van der Waals surface area contributed by atoms with Crippen molar-refractivity contribution >= 4 is 10.0 Å². The van der Waals surface area contributed by atoms with Gasteiger partial charge in [-0.25, -0.2) is 18.1 Å². The molecular formula is C11H14N4O2S. The van der Waals surface area contributed by atoms with Gasteiger partial charge in [-0.1, -0.05) is 0 Å². The molecule has 0 saturated carbocycles. The average Bonchev–Trinajstić information content (AvgIpc) is 2.39. The zero-order chi connectivity index (χ0) is 13.0. The van der Waals surface area contributed by atoms with Crippen molar-refractivity contribution in [1.29, 1.82) is 5.26 Å². The van der Waals surface area contributed by atoms with Crippen LogP contribution in [0.2, 0.25) is 0 Å². The van der Waals surface area contributed by atoms with Crippen LogP contribution in [0.15, 0.2) is 23.4 Å². The van der Waals surface area contributed by atoms with Crippen molar-refractivity contribution in [3.63, 3.8) is 0 Å². The van der Waals surface area contributed by atoms with E-state index < -0.39 is 10.0 Å². The standard InChI is InChI=1S/C11H14N4O2S/c12-7-9-3-5-14-11(6-9)18(16,17)15-10-2-1-4-13-8-10/h3,5-6,10,13,15H,1-2,4,8H2/t10-/m1/s1. The Morgan fingerprint density at radius 2 is 2.39 bits per heavy atom. The van der Waals surface area contributed by atoms with Crippen molar-refractivity contribution in [2.45, 2.75) is 23.9 Å². The van der Waals surface area contributed by atoms with E-state index in [0.717, 1.165) is 19.4 Å². The minimum atomic E-state index is -3.64. The number of pyridine rings is 1. The highest BCUT2D eigenvalue weighted by Gasteiger charge is 2.22. The number of nitriles is 1. The molecule has 2 N–H and O–H groups in total. The van der Waals surface area contributed by atoms with Gasteiger partial charge in [0.25, 0.3) is 10.0 Å². The van der Waals surface area contributed by atoms with E-state index in [2.05, 4.69) is 15.0 Å². The zero-order valence-electron chi connectivity index (χ0n) is 9.76. The predicted molar refractivity (Wildman–Crippen MR) is 65.2 cm³/mol. The van der Waals surface area contributed by atoms with Gasteiger partial charge >= 0.3 is 0 Å². The van der Waals surface area contributed by atoms with Gasteiger partial charge in [-0.15, -0.1) is 0 Å². The van der Waals surface area contributed by atoms with Gasteiger partial charge in [-0.2, -0.15) is 5.26 Å². The maximum atomic E-state index is 12.1. The molecule has 1 aromatic heterocycles. The van der Waals surface area contributed by atoms with E-state index in [1.165, 1.54) is 18.3 Å². The molecule has 2 rings (SSSR count). The third-order valence-corrected chi connectivity index (χ3v) is 4.18. The highest BCUT2D eigenvalue weighted by molar-refractivity contribution is 7.89. The van der Waals surface area contributed by atoms with Crippen molar-refractivity contribution in [2.24, 2.45) is 0 Å². The fraction of sp³-hybridized carbons (Fsp3) is 0.455. The van der Waals surface area contributed by atoms with E-state index in [1.807, 2.05) is 6.07 Å². The number of hydrogen-bond donors (Lipinski definition) is 2. The molecule has 7 heteroatoms. The molecule has 1 aliphatic heterocycles. The summed E-state index contributed by atoms with van der Waals surface area (Å²) in [5, 5.41) is 11.8. The van der Waals surface area contributed by atoms with Crippen LogP contribution in [0.4, 0.5) is 0 Å². The Hall–Kier alpha value is -1.49. The molecule has 0 spiro atoms. The Morgan fingerprint density at radius 1 is 1.56 bits per heavy atom. The van der Waals surface area contributed by atoms with E-state index in [9.17, 15) is 8.42 Å². The fourth-order valence-electron chi connectivity index (χ4n) is 1.86. The first-order valence-corrected chi connectivity index (χ1v) is 7.19. The molecule has 18 heavy (non-hydrogen) atoms. The third-order valence-electron chi connectivity index (χ3n) is 2.76. The van der Waals surface area contributed by atoms with Crippen LogP contribution in [0.5, 0.6) is 0 Å². The van der Waals surface area contributed by atoms with Gasteiger partial charge in [0.2, 0.25) is 0 Å². The summed E-state index contributed by atoms with van der Waals surface area (Å²) in [5.41, 5.74) is 0.284. The lowest BCUT2D eigenvalue weighted by atomic mass is 10.1. The summed E-state index contributed by atoms with van der Waals surface area (Å²) in [6.45, 7) is 1.54. The monoisotopic (exact) mass is 266 g/mol. The van der Waals surface area contributed by atoms with Crippen molar-refractivity contribution in [3.8, 4) is 6.07 Å². The SMILES string of the molecule is N#Cc1ccnc(S(=O)(=O)N[C@@H]2CCCNC2)c1. The zero-order valence-corrected chi connectivity index (χ0v) is 10.6. The second-order valence-electron chi connectivity index (χ2n) is 4.16. The molecule has 96 valence electrons. The molecule has 0 aliphatic carbocycles. The van der Waals surface area contributed by atoms with E-state index >= 15 is 0 Å². The highest BCUT2D eigenvalue weighted by atomic mass is 32.2. The van der Waals surface area contributed by atoms with Crippen LogP contribution >= 0.6 is 0 Å². The smallest absolute Gasteiger partial charge is 0.258 e. The van der Waals surface area contributed by atoms with E-state index in [1.54, 1.807) is 0 Å². The van der Waals surface area contributed by atoms with Gasteiger partial charge in [0, 0.05) is 18.8 Å². The predicted octanol–water partition coefficient (Wildman–Crippen LogP) is -0.0164. The Kier molecular flexibility index (Phi) is 3.91. The Balaban J connectivity index is 2.17. The summed E-state index contributed by atoms with van der Waals surface area (Å²) in [6, 6.07) is 4.53. The summed E-state index contributed by atoms with van der Waals surface area (Å²) in [5.74, 6) is 0. The maximum Gasteiger partial charge on any atom is 0.258 e. The molecule has 1 saturated heterocycles. The van der Waals surface area contributed by atoms with Gasteiger partial charge < -0.3 is 5.32 Å². The lowest BCUT2D eigenvalue weighted by Crippen LogP contribution is -2.45. The molecule has 0 aromatic carbocycles. The quantitative estimate of drug-likeness (QED) is 0.802. The Morgan fingerprint density at radius 3 is 3.06 bits per heavy atom. The Bertz CT molecular complexity index is 559. The molecule has 0 amide bonds. The lowest BCUT2D eigenvalue weighted by molar-refractivity contribution is 0.428. The second-order valence-corrected chi connectivity index (χ2v) is 5.82. The number of rotatable bonds is 3. The van der Waals surface area contributed by atoms with Crippen molar-refractivity contribution in [3.05, 3.63) is 23.9 Å². The molecule has 0 bridgehead atoms. The first-order valence-electron chi connectivity index (χ1n) is 5.71. The lowest BCUT2D eigenvalue weighted by Gasteiger charge is -2.23. The normalized spacial score (nSPS) is 20.3. The summed E-state index contributed by atoms with van der Waals surface area (Å²) in [7, 11) is -3.64. The summed E-state index contributed by atoms with van der Waals surface area (Å²) >= 11 is 0. The summed E-state index contributed by atoms with van der Waals surface area (Å²) < 4.78 is 26.7. The van der Waals surface area contributed by atoms with Gasteiger partial charge in [0.05, 0.1) is 11.6 Å². The van der Waals surface area contributed by atoms with Crippen LogP contribution < -0.4 is 10.0 Å². The number of nitrogens with one attached hydrogen (secondary N) is 2. The van der Waals surface area contributed by atoms with Crippen LogP contribution in [-0.2, 0) is 10.0 Å². The largest absolute Gasteiger partial charge is 0.315 e. The molecule has 0 radical (unpaired) electrons. The van der Waals surface area contributed by atoms with E-state index in [-0.39, 0.29) is 16.6 Å². The molecular weight excluding hydrogens is 252 g/mol. The van der Waals surface area contributed by atoms with Gasteiger partial charge in [-0.05, 0) is 31.5 Å². The van der Waals surface area contributed by atoms with Gasteiger partial charge in [-0.3, -0.25) is 0 Å². The Labute approximate surface area is 106 Å². The molecule has 1 fully saturated rings. The van der Waals surface area contributed by atoms with Crippen molar-refractivity contribution in [1.82, 2.24) is 15.0 Å². The molecule has 6 nitrogen and oxygen atoms in total. The van der Waals surface area contributed by atoms with Crippen molar-refractivity contribution < 1.29 is 8.42 Å². The van der Waals surface area contributed by atoms with Crippen molar-refractivity contribution in [2.75, 3.05) is 13.1 Å². The van der Waals surface area contributed by atoms with E-state index in [0.29, 0.717) is 6.54 Å². The number of aromatic nitrogens is 1. The first kappa shape index (κ1) is 13.0. The van der Waals surface area contributed by atoms with Gasteiger partial charge in [0.1, 0.15) is 0 Å². The number of nitrogens with zero attached hydrogens (tertiary/aromatic N) is 2. The maximum absolute atomic E-state index is 12.1. The van der Waals surface area contributed by atoms with Gasteiger partial charge in [0.15, 0.2) is 5.03 Å². The highest BCUT2D eigenvalue weighted by Crippen LogP contribution is 2.10. The first-order chi connectivity index (χ1) is 8.62. The van der Waals surface area contributed by atoms with Crippen LogP contribution in [0.1, 0.15) is 18.4 Å². The van der Waals surface area contributed by atoms with Crippen LogP contribution in [0.3, 0.4) is 0 Å². The minimum absolute atomic E-state index is 0.105. The molecule has 1 atom stereocenters. The topological polar surface area (TPSA) is 94.9 Å². The molecule has 1 aliphatic rings. The molecule has 2 heterocycles. The van der Waals surface area contributed by atoms with E-state index in [4.69, 9.17) is 5.26 Å². The summed E-state index contributed by atoms with van der Waals surface area (Å²) in [6.07, 6.45) is 3.08. The fourth-order valence-corrected chi connectivity index (χ4v) is 3.10. The summed E-state index contributed by atoms with van der Waals surface area (Å²) in [4.78, 5) is 3.80. The van der Waals surface area contributed by atoms with Crippen LogP contribution in [-0.4, -0.2) is 32.5 Å².